The van der Waals surface area contributed by atoms with Gasteiger partial charge in [-0.25, -0.2) is 0 Å². The number of benzene rings is 2. The molecule has 0 unspecified atom stereocenters. The zero-order valence-corrected chi connectivity index (χ0v) is 13.8. The van der Waals surface area contributed by atoms with Crippen molar-refractivity contribution in [3.05, 3.63) is 58.1 Å². The third kappa shape index (κ3) is 4.07. The summed E-state index contributed by atoms with van der Waals surface area (Å²) in [5.41, 5.74) is 1.78. The van der Waals surface area contributed by atoms with Crippen molar-refractivity contribution in [3.8, 4) is 5.75 Å². The number of carbonyl (C=O) groups excluding carboxylic acids is 2. The summed E-state index contributed by atoms with van der Waals surface area (Å²) in [6, 6.07) is 10.0. The fraction of sp³-hybridized carbons (Fsp3) is 0.0588. The molecule has 2 amide bonds. The normalized spacial score (nSPS) is 13.2. The second kappa shape index (κ2) is 6.95. The molecule has 0 fully saturated rings. The van der Waals surface area contributed by atoms with Gasteiger partial charge in [-0.15, -0.1) is 0 Å². The van der Waals surface area contributed by atoms with Gasteiger partial charge in [-0.3, -0.25) is 9.59 Å². The minimum Gasteiger partial charge on any atom is -0.482 e. The maximum absolute atomic E-state index is 12.0. The lowest BCUT2D eigenvalue weighted by Crippen LogP contribution is -2.25. The van der Waals surface area contributed by atoms with Crippen molar-refractivity contribution in [2.75, 3.05) is 17.2 Å². The molecule has 1 heterocycles. The number of nitrogens with one attached hydrogen (secondary N) is 2. The number of anilines is 2. The minimum atomic E-state index is -0.325. The number of hydrogen-bond donors (Lipinski definition) is 2. The maximum atomic E-state index is 12.0. The van der Waals surface area contributed by atoms with Crippen LogP contribution < -0.4 is 15.4 Å². The van der Waals surface area contributed by atoms with Crippen LogP contribution in [0.1, 0.15) is 5.56 Å². The molecule has 0 aromatic heterocycles. The zero-order valence-electron chi connectivity index (χ0n) is 12.3. The van der Waals surface area contributed by atoms with Gasteiger partial charge >= 0.3 is 0 Å². The number of halogens is 2. The van der Waals surface area contributed by atoms with Gasteiger partial charge in [0.2, 0.25) is 5.91 Å². The molecular weight excluding hydrogens is 351 g/mol. The van der Waals surface area contributed by atoms with E-state index in [0.717, 1.165) is 0 Å². The molecule has 2 N–H and O–H groups in total. The van der Waals surface area contributed by atoms with E-state index in [9.17, 15) is 9.59 Å². The van der Waals surface area contributed by atoms with Crippen LogP contribution in [0.5, 0.6) is 5.75 Å². The molecule has 122 valence electrons. The van der Waals surface area contributed by atoms with Crippen LogP contribution in [0.3, 0.4) is 0 Å². The van der Waals surface area contributed by atoms with E-state index in [1.165, 1.54) is 6.08 Å². The molecule has 7 heteroatoms. The van der Waals surface area contributed by atoms with Crippen LogP contribution in [-0.4, -0.2) is 18.4 Å². The Morgan fingerprint density at radius 3 is 2.67 bits per heavy atom. The van der Waals surface area contributed by atoms with Crippen LogP contribution in [0, 0.1) is 0 Å². The van der Waals surface area contributed by atoms with Gasteiger partial charge in [-0.2, -0.15) is 0 Å². The van der Waals surface area contributed by atoms with E-state index in [1.54, 1.807) is 42.5 Å². The molecule has 0 saturated carbocycles. The molecule has 0 saturated heterocycles. The van der Waals surface area contributed by atoms with Crippen molar-refractivity contribution in [3.63, 3.8) is 0 Å². The van der Waals surface area contributed by atoms with Crippen LogP contribution in [0.4, 0.5) is 11.4 Å². The Morgan fingerprint density at radius 2 is 1.92 bits per heavy atom. The first-order valence-electron chi connectivity index (χ1n) is 7.01. The summed E-state index contributed by atoms with van der Waals surface area (Å²) in [7, 11) is 0. The van der Waals surface area contributed by atoms with E-state index in [2.05, 4.69) is 10.6 Å². The summed E-state index contributed by atoms with van der Waals surface area (Å²) in [4.78, 5) is 23.3. The molecule has 0 aliphatic carbocycles. The van der Waals surface area contributed by atoms with Crippen molar-refractivity contribution in [1.82, 2.24) is 0 Å². The van der Waals surface area contributed by atoms with Crippen LogP contribution in [0.15, 0.2) is 42.5 Å². The highest BCUT2D eigenvalue weighted by atomic mass is 35.5. The van der Waals surface area contributed by atoms with Crippen molar-refractivity contribution >= 4 is 52.5 Å². The van der Waals surface area contributed by atoms with E-state index in [1.807, 2.05) is 0 Å². The first-order valence-corrected chi connectivity index (χ1v) is 7.77. The Kier molecular flexibility index (Phi) is 4.74. The quantitative estimate of drug-likeness (QED) is 0.811. The molecule has 0 bridgehead atoms. The molecule has 1 aliphatic heterocycles. The Morgan fingerprint density at radius 1 is 1.17 bits per heavy atom. The first-order chi connectivity index (χ1) is 11.5. The van der Waals surface area contributed by atoms with Gasteiger partial charge in [0.15, 0.2) is 6.61 Å². The van der Waals surface area contributed by atoms with E-state index < -0.39 is 0 Å². The van der Waals surface area contributed by atoms with Crippen LogP contribution in [-0.2, 0) is 9.59 Å². The van der Waals surface area contributed by atoms with Crippen molar-refractivity contribution in [2.45, 2.75) is 0 Å². The van der Waals surface area contributed by atoms with Crippen molar-refractivity contribution < 1.29 is 14.3 Å². The summed E-state index contributed by atoms with van der Waals surface area (Å²) < 4.78 is 5.26. The second-order valence-corrected chi connectivity index (χ2v) is 5.95. The summed E-state index contributed by atoms with van der Waals surface area (Å²) in [6.45, 7) is -0.0103. The number of fused-ring (bicyclic) bond motifs is 1. The lowest BCUT2D eigenvalue weighted by Gasteiger charge is -2.18. The third-order valence-corrected chi connectivity index (χ3v) is 3.63. The number of rotatable bonds is 3. The highest BCUT2D eigenvalue weighted by Crippen LogP contribution is 2.30. The summed E-state index contributed by atoms with van der Waals surface area (Å²) >= 11 is 11.8. The molecular formula is C17H12Cl2N2O3. The van der Waals surface area contributed by atoms with Gasteiger partial charge in [0.25, 0.3) is 5.91 Å². The van der Waals surface area contributed by atoms with Crippen molar-refractivity contribution in [1.29, 1.82) is 0 Å². The molecule has 1 aliphatic rings. The highest BCUT2D eigenvalue weighted by Gasteiger charge is 2.16. The Bertz CT molecular complexity index is 829. The molecule has 0 atom stereocenters. The number of ether oxygens (including phenoxy) is 1. The maximum Gasteiger partial charge on any atom is 0.262 e. The standard InChI is InChI=1S/C17H12Cl2N2O3/c18-11-5-10(6-12(19)7-11)1-4-16(22)20-13-2-3-15-14(8-13)21-17(23)9-24-15/h1-8H,9H2,(H,20,22)(H,21,23)/b4-1+. The predicted octanol–water partition coefficient (Wildman–Crippen LogP) is 3.98. The minimum absolute atomic E-state index is 0.0103. The second-order valence-electron chi connectivity index (χ2n) is 5.07. The fourth-order valence-electron chi connectivity index (χ4n) is 2.19. The highest BCUT2D eigenvalue weighted by molar-refractivity contribution is 6.34. The summed E-state index contributed by atoms with van der Waals surface area (Å²) in [5, 5.41) is 6.38. The van der Waals surface area contributed by atoms with E-state index in [4.69, 9.17) is 27.9 Å². The van der Waals surface area contributed by atoms with E-state index >= 15 is 0 Å². The lowest BCUT2D eigenvalue weighted by molar-refractivity contribution is -0.118. The summed E-state index contributed by atoms with van der Waals surface area (Å²) in [6.07, 6.45) is 2.98. The Balaban J connectivity index is 1.69. The summed E-state index contributed by atoms with van der Waals surface area (Å²) in [5.74, 6) is 0.00881. The van der Waals surface area contributed by atoms with Crippen LogP contribution in [0.25, 0.3) is 6.08 Å². The van der Waals surface area contributed by atoms with Gasteiger partial charge in [0.1, 0.15) is 5.75 Å². The molecule has 0 spiro atoms. The van der Waals surface area contributed by atoms with Gasteiger partial charge in [0, 0.05) is 21.8 Å². The fourth-order valence-corrected chi connectivity index (χ4v) is 2.73. The van der Waals surface area contributed by atoms with Crippen LogP contribution >= 0.6 is 23.2 Å². The first kappa shape index (κ1) is 16.4. The van der Waals surface area contributed by atoms with E-state index in [-0.39, 0.29) is 18.4 Å². The van der Waals surface area contributed by atoms with Gasteiger partial charge in [0.05, 0.1) is 5.69 Å². The lowest BCUT2D eigenvalue weighted by atomic mass is 10.2. The third-order valence-electron chi connectivity index (χ3n) is 3.19. The smallest absolute Gasteiger partial charge is 0.262 e. The average Bonchev–Trinajstić information content (AvgIpc) is 2.51. The van der Waals surface area contributed by atoms with Crippen LogP contribution in [0.2, 0.25) is 10.0 Å². The topological polar surface area (TPSA) is 67.4 Å². The van der Waals surface area contributed by atoms with E-state index in [0.29, 0.717) is 32.7 Å². The molecule has 5 nitrogen and oxygen atoms in total. The largest absolute Gasteiger partial charge is 0.482 e. The predicted molar refractivity (Wildman–Crippen MR) is 94.7 cm³/mol. The zero-order chi connectivity index (χ0) is 17.1. The molecule has 24 heavy (non-hydrogen) atoms. The Labute approximate surface area is 148 Å². The molecule has 2 aromatic rings. The van der Waals surface area contributed by atoms with Gasteiger partial charge < -0.3 is 15.4 Å². The molecule has 2 aromatic carbocycles. The Hall–Kier alpha value is -2.50. The van der Waals surface area contributed by atoms with Gasteiger partial charge in [-0.05, 0) is 48.0 Å². The number of hydrogen-bond acceptors (Lipinski definition) is 3. The molecule has 3 rings (SSSR count). The number of carbonyl (C=O) groups is 2. The SMILES string of the molecule is O=C(/C=C/c1cc(Cl)cc(Cl)c1)Nc1ccc2c(c1)NC(=O)CO2. The average molecular weight is 363 g/mol. The van der Waals surface area contributed by atoms with Crippen molar-refractivity contribution in [2.24, 2.45) is 0 Å². The van der Waals surface area contributed by atoms with Gasteiger partial charge in [-0.1, -0.05) is 23.2 Å². The molecule has 0 radical (unpaired) electrons. The number of amides is 2. The monoisotopic (exact) mass is 362 g/mol.